The predicted molar refractivity (Wildman–Crippen MR) is 83.3 cm³/mol. The molecule has 2 N–H and O–H groups in total. The average molecular weight is 317 g/mol. The van der Waals surface area contributed by atoms with Crippen LogP contribution in [0.3, 0.4) is 0 Å². The van der Waals surface area contributed by atoms with Gasteiger partial charge in [0.15, 0.2) is 6.29 Å². The summed E-state index contributed by atoms with van der Waals surface area (Å²) in [4.78, 5) is 31.7. The van der Waals surface area contributed by atoms with E-state index in [9.17, 15) is 9.59 Å². The number of ether oxygens (including phenoxy) is 1. The standard InChI is InChI=1S/C16H19N3O4/c1-11-10-17-16(21)19(11)13-7-5-12(6-8-13)15(20)18-23-14-4-2-3-9-22-14/h5-8,10,14H,2-4,9H2,1H3,(H,17,21)(H,18,20). The molecular formula is C16H19N3O4. The van der Waals surface area contributed by atoms with Crippen LogP contribution in [0.15, 0.2) is 35.3 Å². The summed E-state index contributed by atoms with van der Waals surface area (Å²) in [6, 6.07) is 6.73. The Bertz CT molecular complexity index is 727. The third-order valence-electron chi connectivity index (χ3n) is 3.77. The summed E-state index contributed by atoms with van der Waals surface area (Å²) in [6.07, 6.45) is 4.08. The van der Waals surface area contributed by atoms with E-state index in [1.165, 1.54) is 4.57 Å². The summed E-state index contributed by atoms with van der Waals surface area (Å²) in [7, 11) is 0. The van der Waals surface area contributed by atoms with Crippen molar-refractivity contribution >= 4 is 5.91 Å². The lowest BCUT2D eigenvalue weighted by Crippen LogP contribution is -2.33. The van der Waals surface area contributed by atoms with Crippen molar-refractivity contribution in [2.24, 2.45) is 0 Å². The van der Waals surface area contributed by atoms with Gasteiger partial charge >= 0.3 is 5.69 Å². The summed E-state index contributed by atoms with van der Waals surface area (Å²) < 4.78 is 6.92. The first-order valence-electron chi connectivity index (χ1n) is 7.60. The molecule has 1 amide bonds. The number of H-pyrrole nitrogens is 1. The molecule has 1 aromatic carbocycles. The highest BCUT2D eigenvalue weighted by Gasteiger charge is 2.16. The molecule has 122 valence electrons. The van der Waals surface area contributed by atoms with Crippen LogP contribution in [0.5, 0.6) is 0 Å². The number of hydroxylamine groups is 1. The molecule has 1 aliphatic heterocycles. The molecule has 0 aliphatic carbocycles. The minimum absolute atomic E-state index is 0.211. The topological polar surface area (TPSA) is 85.4 Å². The van der Waals surface area contributed by atoms with Gasteiger partial charge in [-0.15, -0.1) is 0 Å². The van der Waals surface area contributed by atoms with Crippen molar-refractivity contribution in [1.29, 1.82) is 0 Å². The van der Waals surface area contributed by atoms with E-state index in [2.05, 4.69) is 10.5 Å². The number of carbonyl (C=O) groups is 1. The molecule has 1 saturated heterocycles. The van der Waals surface area contributed by atoms with E-state index in [1.54, 1.807) is 30.5 Å². The zero-order valence-electron chi connectivity index (χ0n) is 12.9. The van der Waals surface area contributed by atoms with Crippen LogP contribution >= 0.6 is 0 Å². The van der Waals surface area contributed by atoms with E-state index in [-0.39, 0.29) is 17.9 Å². The lowest BCUT2D eigenvalue weighted by Gasteiger charge is -2.22. The fourth-order valence-corrected chi connectivity index (χ4v) is 2.52. The van der Waals surface area contributed by atoms with Gasteiger partial charge in [-0.05, 0) is 44.0 Å². The highest BCUT2D eigenvalue weighted by atomic mass is 16.8. The first kappa shape index (κ1) is 15.5. The van der Waals surface area contributed by atoms with Crippen LogP contribution in [0, 0.1) is 6.92 Å². The lowest BCUT2D eigenvalue weighted by molar-refractivity contribution is -0.186. The molecule has 7 nitrogen and oxygen atoms in total. The molecule has 1 unspecified atom stereocenters. The summed E-state index contributed by atoms with van der Waals surface area (Å²) >= 11 is 0. The van der Waals surface area contributed by atoms with E-state index in [0.717, 1.165) is 25.0 Å². The van der Waals surface area contributed by atoms with Crippen molar-refractivity contribution in [3.63, 3.8) is 0 Å². The third-order valence-corrected chi connectivity index (χ3v) is 3.77. The summed E-state index contributed by atoms with van der Waals surface area (Å²) in [5.41, 5.74) is 4.14. The Morgan fingerprint density at radius 1 is 1.35 bits per heavy atom. The second-order valence-corrected chi connectivity index (χ2v) is 5.46. The van der Waals surface area contributed by atoms with Crippen molar-refractivity contribution in [1.82, 2.24) is 15.0 Å². The number of rotatable bonds is 4. The number of aromatic amines is 1. The molecule has 0 spiro atoms. The second kappa shape index (κ2) is 6.80. The fraction of sp³-hybridized carbons (Fsp3) is 0.375. The van der Waals surface area contributed by atoms with Crippen LogP contribution in [0.25, 0.3) is 5.69 Å². The number of nitrogens with one attached hydrogen (secondary N) is 2. The van der Waals surface area contributed by atoms with E-state index in [4.69, 9.17) is 9.57 Å². The molecule has 7 heteroatoms. The van der Waals surface area contributed by atoms with Crippen LogP contribution < -0.4 is 11.2 Å². The van der Waals surface area contributed by atoms with E-state index in [0.29, 0.717) is 17.9 Å². The molecule has 2 aromatic rings. The van der Waals surface area contributed by atoms with Crippen LogP contribution in [0.1, 0.15) is 35.3 Å². The maximum absolute atomic E-state index is 12.1. The Morgan fingerprint density at radius 2 is 2.13 bits per heavy atom. The number of nitrogens with zero attached hydrogens (tertiary/aromatic N) is 1. The first-order valence-corrected chi connectivity index (χ1v) is 7.60. The van der Waals surface area contributed by atoms with E-state index in [1.807, 2.05) is 6.92 Å². The Kier molecular flexibility index (Phi) is 4.59. The Hall–Kier alpha value is -2.38. The molecular weight excluding hydrogens is 298 g/mol. The molecule has 0 radical (unpaired) electrons. The Morgan fingerprint density at radius 3 is 2.74 bits per heavy atom. The molecule has 0 bridgehead atoms. The molecule has 1 atom stereocenters. The second-order valence-electron chi connectivity index (χ2n) is 5.46. The van der Waals surface area contributed by atoms with Gasteiger partial charge in [0, 0.05) is 30.5 Å². The average Bonchev–Trinajstić information content (AvgIpc) is 2.92. The number of benzene rings is 1. The van der Waals surface area contributed by atoms with Crippen molar-refractivity contribution in [3.8, 4) is 5.69 Å². The quantitative estimate of drug-likeness (QED) is 0.840. The molecule has 23 heavy (non-hydrogen) atoms. The number of hydrogen-bond acceptors (Lipinski definition) is 4. The van der Waals surface area contributed by atoms with Gasteiger partial charge in [0.2, 0.25) is 0 Å². The predicted octanol–water partition coefficient (Wildman–Crippen LogP) is 1.66. The number of aryl methyl sites for hydroxylation is 1. The lowest BCUT2D eigenvalue weighted by atomic mass is 10.2. The number of imidazole rings is 1. The smallest absolute Gasteiger partial charge is 0.330 e. The number of hydrogen-bond donors (Lipinski definition) is 2. The maximum Gasteiger partial charge on any atom is 0.330 e. The first-order chi connectivity index (χ1) is 11.1. The Labute approximate surface area is 133 Å². The van der Waals surface area contributed by atoms with Crippen molar-refractivity contribution in [3.05, 3.63) is 52.2 Å². The van der Waals surface area contributed by atoms with Gasteiger partial charge in [0.1, 0.15) is 0 Å². The van der Waals surface area contributed by atoms with Gasteiger partial charge in [0.05, 0.1) is 5.69 Å². The SMILES string of the molecule is Cc1c[nH]c(=O)n1-c1ccc(C(=O)NOC2CCCCO2)cc1. The number of carbonyl (C=O) groups excluding carboxylic acids is 1. The Balaban J connectivity index is 1.64. The molecule has 3 rings (SSSR count). The molecule has 1 aromatic heterocycles. The molecule has 2 heterocycles. The van der Waals surface area contributed by atoms with Crippen molar-refractivity contribution < 1.29 is 14.4 Å². The van der Waals surface area contributed by atoms with E-state index < -0.39 is 0 Å². The molecule has 0 saturated carbocycles. The van der Waals surface area contributed by atoms with Crippen LogP contribution in [0.2, 0.25) is 0 Å². The van der Waals surface area contributed by atoms with Crippen molar-refractivity contribution in [2.45, 2.75) is 32.5 Å². The van der Waals surface area contributed by atoms with Gasteiger partial charge in [-0.25, -0.2) is 15.1 Å². The normalized spacial score (nSPS) is 17.9. The number of aromatic nitrogens is 2. The minimum atomic E-state index is -0.381. The zero-order chi connectivity index (χ0) is 16.2. The monoisotopic (exact) mass is 317 g/mol. The van der Waals surface area contributed by atoms with Gasteiger partial charge < -0.3 is 9.72 Å². The van der Waals surface area contributed by atoms with Gasteiger partial charge in [-0.1, -0.05) is 0 Å². The van der Waals surface area contributed by atoms with Gasteiger partial charge in [-0.3, -0.25) is 9.36 Å². The van der Waals surface area contributed by atoms with E-state index >= 15 is 0 Å². The summed E-state index contributed by atoms with van der Waals surface area (Å²) in [5, 5.41) is 0. The third kappa shape index (κ3) is 3.52. The largest absolute Gasteiger partial charge is 0.350 e. The van der Waals surface area contributed by atoms with Gasteiger partial charge in [0.25, 0.3) is 5.91 Å². The maximum atomic E-state index is 12.1. The van der Waals surface area contributed by atoms with Crippen LogP contribution in [-0.4, -0.2) is 28.4 Å². The molecule has 1 aliphatic rings. The summed E-state index contributed by atoms with van der Waals surface area (Å²) in [6.45, 7) is 2.48. The van der Waals surface area contributed by atoms with Gasteiger partial charge in [-0.2, -0.15) is 0 Å². The molecule has 1 fully saturated rings. The number of amides is 1. The van der Waals surface area contributed by atoms with Crippen LogP contribution in [0.4, 0.5) is 0 Å². The minimum Gasteiger partial charge on any atom is -0.350 e. The highest BCUT2D eigenvalue weighted by Crippen LogP contribution is 2.13. The van der Waals surface area contributed by atoms with Crippen LogP contribution in [-0.2, 0) is 9.57 Å². The zero-order valence-corrected chi connectivity index (χ0v) is 12.9. The van der Waals surface area contributed by atoms with Crippen molar-refractivity contribution in [2.75, 3.05) is 6.61 Å². The summed E-state index contributed by atoms with van der Waals surface area (Å²) in [5.74, 6) is -0.344. The fourth-order valence-electron chi connectivity index (χ4n) is 2.52. The highest BCUT2D eigenvalue weighted by molar-refractivity contribution is 5.93.